The van der Waals surface area contributed by atoms with Gasteiger partial charge >= 0.3 is 0 Å². The Hall–Kier alpha value is -2.63. The molecule has 1 aliphatic heterocycles. The lowest BCUT2D eigenvalue weighted by atomic mass is 9.83. The molecule has 2 aromatic carbocycles. The van der Waals surface area contributed by atoms with Crippen molar-refractivity contribution < 1.29 is 9.59 Å². The van der Waals surface area contributed by atoms with Crippen LogP contribution >= 0.6 is 0 Å². The Bertz CT molecular complexity index is 925. The molecule has 28 heavy (non-hydrogen) atoms. The van der Waals surface area contributed by atoms with Crippen LogP contribution in [0.3, 0.4) is 0 Å². The van der Waals surface area contributed by atoms with Gasteiger partial charge in [0.25, 0.3) is 0 Å². The number of rotatable bonds is 3. The molecule has 1 aliphatic carbocycles. The van der Waals surface area contributed by atoms with Gasteiger partial charge in [-0.05, 0) is 25.6 Å². The molecule has 1 unspecified atom stereocenters. The maximum Gasteiger partial charge on any atom is 0.210 e. The molecule has 1 saturated heterocycles. The average molecular weight is 375 g/mol. The first-order valence-electron chi connectivity index (χ1n) is 9.88. The van der Waals surface area contributed by atoms with Crippen LogP contribution in [0.15, 0.2) is 53.5 Å². The summed E-state index contributed by atoms with van der Waals surface area (Å²) in [5.41, 5.74) is 3.16. The molecule has 0 bridgehead atoms. The minimum atomic E-state index is -0.609. The summed E-state index contributed by atoms with van der Waals surface area (Å²) in [6, 6.07) is 14.2. The monoisotopic (exact) mass is 375 g/mol. The molecule has 0 spiro atoms. The Morgan fingerprint density at radius 2 is 1.57 bits per heavy atom. The Morgan fingerprint density at radius 3 is 2.21 bits per heavy atom. The van der Waals surface area contributed by atoms with Crippen LogP contribution in [0, 0.1) is 6.92 Å². The first-order valence-corrected chi connectivity index (χ1v) is 9.88. The van der Waals surface area contributed by atoms with Crippen molar-refractivity contribution in [3.63, 3.8) is 0 Å². The van der Waals surface area contributed by atoms with E-state index >= 15 is 0 Å². The molecule has 4 rings (SSSR count). The number of benzene rings is 2. The van der Waals surface area contributed by atoms with Gasteiger partial charge in [-0.15, -0.1) is 0 Å². The fourth-order valence-corrected chi connectivity index (χ4v) is 3.98. The maximum atomic E-state index is 13.4. The van der Waals surface area contributed by atoms with Gasteiger partial charge in [-0.1, -0.05) is 48.9 Å². The molecule has 2 aliphatic rings. The molecular weight excluding hydrogens is 350 g/mol. The third kappa shape index (κ3) is 3.43. The van der Waals surface area contributed by atoms with Gasteiger partial charge in [0.05, 0.1) is 5.69 Å². The van der Waals surface area contributed by atoms with Gasteiger partial charge < -0.3 is 4.90 Å². The lowest BCUT2D eigenvalue weighted by Crippen LogP contribution is -2.58. The van der Waals surface area contributed by atoms with E-state index in [4.69, 9.17) is 0 Å². The normalized spacial score (nSPS) is 22.5. The minimum absolute atomic E-state index is 0.0222. The molecule has 1 heterocycles. The summed E-state index contributed by atoms with van der Waals surface area (Å²) in [4.78, 5) is 35.8. The smallest absolute Gasteiger partial charge is 0.210 e. The predicted molar refractivity (Wildman–Crippen MR) is 111 cm³/mol. The van der Waals surface area contributed by atoms with E-state index in [2.05, 4.69) is 21.7 Å². The van der Waals surface area contributed by atoms with Crippen LogP contribution in [-0.4, -0.2) is 65.8 Å². The zero-order valence-corrected chi connectivity index (χ0v) is 16.4. The van der Waals surface area contributed by atoms with Crippen molar-refractivity contribution in [3.8, 4) is 0 Å². The van der Waals surface area contributed by atoms with Gasteiger partial charge in [0.15, 0.2) is 5.78 Å². The number of hydrogen-bond donors (Lipinski definition) is 0. The van der Waals surface area contributed by atoms with Crippen LogP contribution in [0.2, 0.25) is 0 Å². The Kier molecular flexibility index (Phi) is 5.20. The molecule has 0 radical (unpaired) electrons. The van der Waals surface area contributed by atoms with E-state index in [0.29, 0.717) is 22.5 Å². The molecule has 0 amide bonds. The second-order valence-electron chi connectivity index (χ2n) is 7.44. The van der Waals surface area contributed by atoms with E-state index in [1.165, 1.54) is 0 Å². The van der Waals surface area contributed by atoms with Crippen LogP contribution in [-0.2, 0) is 0 Å². The number of nitrogens with zero attached hydrogens (tertiary/aromatic N) is 3. The molecule has 0 aromatic heterocycles. The number of carbonyl (C=O) groups is 2. The lowest BCUT2D eigenvalue weighted by molar-refractivity contribution is 0.0756. The van der Waals surface area contributed by atoms with Crippen molar-refractivity contribution >= 4 is 23.0 Å². The summed E-state index contributed by atoms with van der Waals surface area (Å²) in [5.74, 6) is -0.162. The predicted octanol–water partition coefficient (Wildman–Crippen LogP) is 3.15. The third-order valence-corrected chi connectivity index (χ3v) is 5.68. The summed E-state index contributed by atoms with van der Waals surface area (Å²) < 4.78 is 0. The molecule has 5 heteroatoms. The van der Waals surface area contributed by atoms with Gasteiger partial charge in [-0.2, -0.15) is 0 Å². The molecule has 144 valence electrons. The van der Waals surface area contributed by atoms with Crippen molar-refractivity contribution in [2.24, 2.45) is 4.99 Å². The van der Waals surface area contributed by atoms with Crippen molar-refractivity contribution in [2.45, 2.75) is 19.9 Å². The van der Waals surface area contributed by atoms with Crippen molar-refractivity contribution in [2.75, 3.05) is 32.7 Å². The number of hydrogen-bond acceptors (Lipinski definition) is 5. The summed E-state index contributed by atoms with van der Waals surface area (Å²) in [6.07, 6.45) is 0. The van der Waals surface area contributed by atoms with Crippen LogP contribution in [0.1, 0.15) is 33.2 Å². The van der Waals surface area contributed by atoms with E-state index in [0.717, 1.165) is 38.3 Å². The standard InChI is InChI=1S/C23H25N3O2/c1-3-25-12-14-26(15-13-25)21-20(24-17-10-8-16(2)9-11-17)22(27)18-6-4-5-7-19(18)23(21)28/h4-11,21H,3,12-15H2,1-2H3. The highest BCUT2D eigenvalue weighted by molar-refractivity contribution is 6.55. The molecule has 0 N–H and O–H groups in total. The highest BCUT2D eigenvalue weighted by atomic mass is 16.1. The highest BCUT2D eigenvalue weighted by Gasteiger charge is 2.42. The molecule has 5 nitrogen and oxygen atoms in total. The van der Waals surface area contributed by atoms with Crippen LogP contribution in [0.25, 0.3) is 0 Å². The zero-order chi connectivity index (χ0) is 19.7. The zero-order valence-electron chi connectivity index (χ0n) is 16.4. The molecule has 1 fully saturated rings. The first kappa shape index (κ1) is 18.7. The van der Waals surface area contributed by atoms with E-state index in [-0.39, 0.29) is 11.6 Å². The topological polar surface area (TPSA) is 53.0 Å². The molecular formula is C23H25N3O2. The molecule has 0 saturated carbocycles. The number of Topliss-reactive ketones (excluding diaryl/α,β-unsaturated/α-hetero) is 2. The van der Waals surface area contributed by atoms with Gasteiger partial charge in [0, 0.05) is 37.3 Å². The van der Waals surface area contributed by atoms with Crippen molar-refractivity contribution in [1.29, 1.82) is 0 Å². The Balaban J connectivity index is 1.77. The SMILES string of the molecule is CCN1CCN(C2C(=O)c3ccccc3C(=O)C2=Nc2ccc(C)cc2)CC1. The van der Waals surface area contributed by atoms with Gasteiger partial charge in [0.2, 0.25) is 5.78 Å². The average Bonchev–Trinajstić information content (AvgIpc) is 2.74. The number of carbonyl (C=O) groups excluding carboxylic acids is 2. The lowest BCUT2D eigenvalue weighted by Gasteiger charge is -2.39. The van der Waals surface area contributed by atoms with Crippen molar-refractivity contribution in [1.82, 2.24) is 9.80 Å². The maximum absolute atomic E-state index is 13.4. The number of ketones is 2. The number of piperazine rings is 1. The fraction of sp³-hybridized carbons (Fsp3) is 0.348. The Morgan fingerprint density at radius 1 is 0.929 bits per heavy atom. The van der Waals surface area contributed by atoms with Gasteiger partial charge in [-0.3, -0.25) is 14.5 Å². The van der Waals surface area contributed by atoms with Crippen molar-refractivity contribution in [3.05, 3.63) is 65.2 Å². The van der Waals surface area contributed by atoms with Crippen LogP contribution in [0.4, 0.5) is 5.69 Å². The Labute approximate surface area is 165 Å². The molecule has 1 atom stereocenters. The van der Waals surface area contributed by atoms with E-state index in [1.807, 2.05) is 37.3 Å². The third-order valence-electron chi connectivity index (χ3n) is 5.68. The highest BCUT2D eigenvalue weighted by Crippen LogP contribution is 2.26. The summed E-state index contributed by atoms with van der Waals surface area (Å²) in [7, 11) is 0. The summed E-state index contributed by atoms with van der Waals surface area (Å²) in [5, 5.41) is 0. The quantitative estimate of drug-likeness (QED) is 0.827. The fourth-order valence-electron chi connectivity index (χ4n) is 3.98. The van der Waals surface area contributed by atoms with Gasteiger partial charge in [-0.25, -0.2) is 4.99 Å². The minimum Gasteiger partial charge on any atom is -0.301 e. The second-order valence-corrected chi connectivity index (χ2v) is 7.44. The second kappa shape index (κ2) is 7.78. The number of fused-ring (bicyclic) bond motifs is 1. The van der Waals surface area contributed by atoms with E-state index in [1.54, 1.807) is 18.2 Å². The van der Waals surface area contributed by atoms with E-state index in [9.17, 15) is 9.59 Å². The number of aliphatic imine (C=N–C) groups is 1. The van der Waals surface area contributed by atoms with E-state index < -0.39 is 6.04 Å². The molecule has 2 aromatic rings. The summed E-state index contributed by atoms with van der Waals surface area (Å²) in [6.45, 7) is 8.46. The largest absolute Gasteiger partial charge is 0.301 e. The van der Waals surface area contributed by atoms with Gasteiger partial charge in [0.1, 0.15) is 11.8 Å². The number of likely N-dealkylation sites (N-methyl/N-ethyl adjacent to an activating group) is 1. The van der Waals surface area contributed by atoms with Crippen LogP contribution < -0.4 is 0 Å². The first-order chi connectivity index (χ1) is 13.6. The summed E-state index contributed by atoms with van der Waals surface area (Å²) >= 11 is 0. The van der Waals surface area contributed by atoms with Crippen LogP contribution in [0.5, 0.6) is 0 Å². The number of aryl methyl sites for hydroxylation is 1.